The van der Waals surface area contributed by atoms with E-state index in [1.807, 2.05) is 0 Å². The maximum Gasteiger partial charge on any atom is 0.309 e. The van der Waals surface area contributed by atoms with Crippen LogP contribution in [-0.4, -0.2) is 52.2 Å². The normalized spacial score (nSPS) is 22.9. The molecule has 1 saturated carbocycles. The molecule has 1 amide bonds. The third-order valence-corrected chi connectivity index (χ3v) is 6.33. The van der Waals surface area contributed by atoms with Crippen molar-refractivity contribution < 1.29 is 28.0 Å². The highest BCUT2D eigenvalue weighted by Gasteiger charge is 2.38. The number of rotatable bonds is 5. The number of halogens is 2. The number of aliphatic carboxylic acids is 1. The van der Waals surface area contributed by atoms with E-state index in [-0.39, 0.29) is 17.0 Å². The van der Waals surface area contributed by atoms with Crippen LogP contribution < -0.4 is 5.32 Å². The number of aromatic nitrogens is 1. The fourth-order valence-corrected chi connectivity index (χ4v) is 4.62. The van der Waals surface area contributed by atoms with Crippen LogP contribution in [0.1, 0.15) is 49.0 Å². The molecule has 0 unspecified atom stereocenters. The largest absolute Gasteiger partial charge is 0.481 e. The van der Waals surface area contributed by atoms with Crippen molar-refractivity contribution in [1.82, 2.24) is 15.4 Å². The lowest BCUT2D eigenvalue weighted by atomic mass is 9.87. The predicted molar refractivity (Wildman–Crippen MR) is 107 cm³/mol. The molecule has 2 aliphatic rings. The maximum atomic E-state index is 14.0. The van der Waals surface area contributed by atoms with Crippen molar-refractivity contribution >= 4 is 11.9 Å². The maximum absolute atomic E-state index is 14.0. The molecule has 166 valence electrons. The van der Waals surface area contributed by atoms with Crippen molar-refractivity contribution in [3.63, 3.8) is 0 Å². The molecule has 0 bridgehead atoms. The van der Waals surface area contributed by atoms with Gasteiger partial charge in [0.15, 0.2) is 23.1 Å². The molecule has 0 spiro atoms. The molecule has 1 aliphatic carbocycles. The summed E-state index contributed by atoms with van der Waals surface area (Å²) < 4.78 is 32.4. The molecule has 2 N–H and O–H groups in total. The first-order valence-electron chi connectivity index (χ1n) is 10.6. The lowest BCUT2D eigenvalue weighted by molar-refractivity contribution is -0.145. The Bertz CT molecular complexity index is 958. The Morgan fingerprint density at radius 3 is 2.68 bits per heavy atom. The fraction of sp³-hybridized carbons (Fsp3) is 0.500. The van der Waals surface area contributed by atoms with Gasteiger partial charge in [0.25, 0.3) is 5.91 Å². The number of hydrogen-bond donors (Lipinski definition) is 2. The van der Waals surface area contributed by atoms with Gasteiger partial charge in [-0.15, -0.1) is 0 Å². The van der Waals surface area contributed by atoms with Gasteiger partial charge in [-0.3, -0.25) is 14.5 Å². The van der Waals surface area contributed by atoms with Gasteiger partial charge >= 0.3 is 5.97 Å². The highest BCUT2D eigenvalue weighted by atomic mass is 19.2. The van der Waals surface area contributed by atoms with Gasteiger partial charge in [0.1, 0.15) is 0 Å². The van der Waals surface area contributed by atoms with Gasteiger partial charge in [-0.1, -0.05) is 30.5 Å². The zero-order valence-electron chi connectivity index (χ0n) is 17.0. The average Bonchev–Trinajstić information content (AvgIpc) is 3.26. The molecule has 2 aromatic rings. The molecule has 2 heterocycles. The molecular formula is C22H25F2N3O4. The molecule has 31 heavy (non-hydrogen) atoms. The van der Waals surface area contributed by atoms with E-state index in [1.54, 1.807) is 0 Å². The van der Waals surface area contributed by atoms with Crippen molar-refractivity contribution in [3.8, 4) is 11.3 Å². The van der Waals surface area contributed by atoms with Gasteiger partial charge in [-0.2, -0.15) is 0 Å². The number of benzene rings is 1. The summed E-state index contributed by atoms with van der Waals surface area (Å²) in [6.45, 7) is 1.11. The summed E-state index contributed by atoms with van der Waals surface area (Å²) in [4.78, 5) is 26.8. The van der Waals surface area contributed by atoms with Gasteiger partial charge in [0, 0.05) is 31.2 Å². The van der Waals surface area contributed by atoms with Crippen molar-refractivity contribution in [3.05, 3.63) is 41.6 Å². The minimum Gasteiger partial charge on any atom is -0.481 e. The summed E-state index contributed by atoms with van der Waals surface area (Å²) in [5.74, 6) is -4.49. The third kappa shape index (κ3) is 4.61. The minimum absolute atomic E-state index is 0.0796. The Balaban J connectivity index is 1.43. The van der Waals surface area contributed by atoms with Gasteiger partial charge in [-0.05, 0) is 31.4 Å². The molecule has 2 fully saturated rings. The monoisotopic (exact) mass is 433 g/mol. The summed E-state index contributed by atoms with van der Waals surface area (Å²) in [6.07, 6.45) is 6.25. The molecule has 4 rings (SSSR count). The number of carbonyl (C=O) groups excluding carboxylic acids is 1. The van der Waals surface area contributed by atoms with Crippen LogP contribution in [0.5, 0.6) is 0 Å². The molecular weight excluding hydrogens is 408 g/mol. The molecule has 1 saturated heterocycles. The summed E-state index contributed by atoms with van der Waals surface area (Å²) >= 11 is 0. The van der Waals surface area contributed by atoms with Crippen molar-refractivity contribution in [1.29, 1.82) is 0 Å². The zero-order chi connectivity index (χ0) is 22.0. The average molecular weight is 433 g/mol. The minimum atomic E-state index is -1.09. The summed E-state index contributed by atoms with van der Waals surface area (Å²) in [7, 11) is 0. The first-order valence-corrected chi connectivity index (χ1v) is 10.6. The first kappa shape index (κ1) is 21.4. The lowest BCUT2D eigenvalue weighted by Gasteiger charge is -2.42. The number of likely N-dealkylation sites (tertiary alicyclic amines) is 1. The lowest BCUT2D eigenvalue weighted by Crippen LogP contribution is -2.56. The predicted octanol–water partition coefficient (Wildman–Crippen LogP) is 3.46. The zero-order valence-corrected chi connectivity index (χ0v) is 17.0. The van der Waals surface area contributed by atoms with E-state index in [4.69, 9.17) is 4.52 Å². The Morgan fingerprint density at radius 1 is 1.16 bits per heavy atom. The highest BCUT2D eigenvalue weighted by Crippen LogP contribution is 2.28. The first-order chi connectivity index (χ1) is 14.9. The van der Waals surface area contributed by atoms with Gasteiger partial charge in [0.05, 0.1) is 11.5 Å². The molecule has 2 atom stereocenters. The number of amides is 1. The topological polar surface area (TPSA) is 95.7 Å². The second-order valence-corrected chi connectivity index (χ2v) is 8.28. The Hall–Kier alpha value is -2.81. The van der Waals surface area contributed by atoms with Crippen LogP contribution >= 0.6 is 0 Å². The van der Waals surface area contributed by atoms with Crippen molar-refractivity contribution in [2.75, 3.05) is 13.1 Å². The van der Waals surface area contributed by atoms with Crippen LogP contribution in [0.2, 0.25) is 0 Å². The van der Waals surface area contributed by atoms with E-state index in [0.29, 0.717) is 19.0 Å². The van der Waals surface area contributed by atoms with Gasteiger partial charge < -0.3 is 14.9 Å². The number of carbonyl (C=O) groups is 2. The molecule has 0 radical (unpaired) electrons. The Morgan fingerprint density at radius 2 is 1.94 bits per heavy atom. The number of carboxylic acid groups (broad SMARTS) is 1. The Labute approximate surface area is 178 Å². The Kier molecular flexibility index (Phi) is 6.31. The highest BCUT2D eigenvalue weighted by molar-refractivity contribution is 5.93. The summed E-state index contributed by atoms with van der Waals surface area (Å²) in [6, 6.07) is 4.71. The van der Waals surface area contributed by atoms with Crippen LogP contribution in [0.3, 0.4) is 0 Å². The van der Waals surface area contributed by atoms with E-state index in [9.17, 15) is 23.5 Å². The van der Waals surface area contributed by atoms with E-state index in [1.165, 1.54) is 37.5 Å². The summed E-state index contributed by atoms with van der Waals surface area (Å²) in [5, 5.41) is 16.1. The number of carboxylic acids is 1. The summed E-state index contributed by atoms with van der Waals surface area (Å²) in [5.41, 5.74) is -0.256. The molecule has 1 aromatic carbocycles. The van der Waals surface area contributed by atoms with E-state index < -0.39 is 35.5 Å². The van der Waals surface area contributed by atoms with E-state index in [2.05, 4.69) is 15.4 Å². The van der Waals surface area contributed by atoms with Crippen molar-refractivity contribution in [2.45, 2.75) is 50.6 Å². The fourth-order valence-electron chi connectivity index (χ4n) is 4.62. The molecule has 7 nitrogen and oxygen atoms in total. The smallest absolute Gasteiger partial charge is 0.309 e. The van der Waals surface area contributed by atoms with E-state index >= 15 is 0 Å². The van der Waals surface area contributed by atoms with Crippen LogP contribution in [0.15, 0.2) is 28.8 Å². The molecule has 1 aliphatic heterocycles. The van der Waals surface area contributed by atoms with Crippen LogP contribution in [0.25, 0.3) is 11.3 Å². The van der Waals surface area contributed by atoms with Gasteiger partial charge in [0.2, 0.25) is 0 Å². The second kappa shape index (κ2) is 9.13. The van der Waals surface area contributed by atoms with E-state index in [0.717, 1.165) is 25.5 Å². The second-order valence-electron chi connectivity index (χ2n) is 8.28. The SMILES string of the molecule is O=C(N[C@@H]1CCN(C2CCCCC2)C[C@H]1C(=O)O)c1cc(-c2cccc(F)c2F)on1. The quantitative estimate of drug-likeness (QED) is 0.750. The molecule has 1 aromatic heterocycles. The standard InChI is InChI=1S/C22H25F2N3O4/c23-16-8-4-7-14(20(16)24)19-11-18(26-31-19)21(28)25-17-9-10-27(12-15(17)22(29)30)13-5-2-1-3-6-13/h4,7-8,11,13,15,17H,1-3,5-6,9-10,12H2,(H,25,28)(H,29,30)/t15-,17-/m1/s1. The van der Waals surface area contributed by atoms with Crippen LogP contribution in [-0.2, 0) is 4.79 Å². The van der Waals surface area contributed by atoms with Gasteiger partial charge in [-0.25, -0.2) is 8.78 Å². The van der Waals surface area contributed by atoms with Crippen LogP contribution in [0.4, 0.5) is 8.78 Å². The number of nitrogens with one attached hydrogen (secondary N) is 1. The number of piperidine rings is 1. The third-order valence-electron chi connectivity index (χ3n) is 6.33. The van der Waals surface area contributed by atoms with Crippen LogP contribution in [0, 0.1) is 17.6 Å². The molecule has 9 heteroatoms. The number of hydrogen-bond acceptors (Lipinski definition) is 5. The van der Waals surface area contributed by atoms with Crippen molar-refractivity contribution in [2.24, 2.45) is 5.92 Å². The number of nitrogens with zero attached hydrogens (tertiary/aromatic N) is 2.